The third-order valence-electron chi connectivity index (χ3n) is 9.53. The Labute approximate surface area is 425 Å². The molecule has 11 N–H and O–H groups in total. The number of benzene rings is 4. The van der Waals surface area contributed by atoms with Gasteiger partial charge < -0.3 is 30.9 Å². The van der Waals surface area contributed by atoms with Crippen LogP contribution in [-0.2, 0) is 40.5 Å². The molecule has 0 amide bonds. The molecule has 0 unspecified atom stereocenters. The van der Waals surface area contributed by atoms with Crippen molar-refractivity contribution in [3.05, 3.63) is 70.3 Å². The Balaban J connectivity index is 1.53. The van der Waals surface area contributed by atoms with Gasteiger partial charge in [0.25, 0.3) is 40.5 Å². The van der Waals surface area contributed by atoms with Crippen LogP contribution in [0.15, 0.2) is 109 Å². The number of H-pyrrole nitrogens is 2. The summed E-state index contributed by atoms with van der Waals surface area (Å²) in [5.41, 5.74) is 0.660. The smallest absolute Gasteiger partial charge is 0.296 e. The maximum Gasteiger partial charge on any atom is 0.296 e. The van der Waals surface area contributed by atoms with Gasteiger partial charge in [-0.15, -0.1) is 20.5 Å². The molecule has 38 heteroatoms. The van der Waals surface area contributed by atoms with Crippen molar-refractivity contribution in [3.8, 4) is 5.75 Å². The number of rotatable bonds is 16. The highest BCUT2D eigenvalue weighted by molar-refractivity contribution is 7.86. The first-order valence-corrected chi connectivity index (χ1v) is 26.1. The number of fused-ring (bicyclic) bond motifs is 1. The van der Waals surface area contributed by atoms with Crippen molar-refractivity contribution < 1.29 is 67.2 Å². The van der Waals surface area contributed by atoms with E-state index in [2.05, 4.69) is 70.3 Å². The number of aromatic amines is 2. The van der Waals surface area contributed by atoms with Gasteiger partial charge in [0.2, 0.25) is 45.5 Å². The molecule has 0 saturated carbocycles. The van der Waals surface area contributed by atoms with Gasteiger partial charge in [-0.1, -0.05) is 0 Å². The number of azo groups is 2. The Morgan fingerprint density at radius 2 is 0.973 bits per heavy atom. The Hall–Kier alpha value is -7.68. The third kappa shape index (κ3) is 13.1. The van der Waals surface area contributed by atoms with E-state index in [1.807, 2.05) is 0 Å². The molecule has 4 aromatic carbocycles. The maximum absolute atomic E-state index is 12.8. The summed E-state index contributed by atoms with van der Waals surface area (Å²) in [4.78, 5) is 35.2. The lowest BCUT2D eigenvalue weighted by Gasteiger charge is -2.16. The number of nitrogen functional groups attached to an aromatic ring is 1. The van der Waals surface area contributed by atoms with Crippen LogP contribution in [0.5, 0.6) is 5.75 Å². The first-order chi connectivity index (χ1) is 34.4. The van der Waals surface area contributed by atoms with Gasteiger partial charge in [0, 0.05) is 28.2 Å². The van der Waals surface area contributed by atoms with E-state index in [0.717, 1.165) is 36.4 Å². The van der Waals surface area contributed by atoms with Crippen LogP contribution in [-0.4, -0.2) is 150 Å². The van der Waals surface area contributed by atoms with Crippen LogP contribution in [0.4, 0.5) is 51.7 Å². The molecule has 0 fully saturated rings. The predicted molar refractivity (Wildman–Crippen MR) is 262 cm³/mol. The van der Waals surface area contributed by atoms with E-state index < -0.39 is 105 Å². The average Bonchev–Trinajstić information content (AvgIpc) is 3.28. The minimum Gasteiger partial charge on any atom is -0.505 e. The lowest BCUT2D eigenvalue weighted by molar-refractivity contribution is 0.472. The van der Waals surface area contributed by atoms with Gasteiger partial charge >= 0.3 is 0 Å². The highest BCUT2D eigenvalue weighted by Crippen LogP contribution is 2.49. The van der Waals surface area contributed by atoms with Crippen molar-refractivity contribution >= 4 is 138 Å². The SMILES string of the molecule is CN=C(O)CN(C)c1nc(Cl)nc(=Nc2ccc(S(=O)(=O)O)c(N=Nc3c(S(=O)(=O)O)cc4cc(S(=O)(=O)O)c(N=Nc5cc(N=c6nc(Cl)nc(N(C)CC(O)=NC)[nH]6)ccc5S(=O)(=O)O)c(O)c4c3N)c2)[nH]1. The predicted octanol–water partition coefficient (Wildman–Crippen LogP) is 4.00. The van der Waals surface area contributed by atoms with E-state index in [1.54, 1.807) is 0 Å². The number of aliphatic imine (C=N–C) groups is 2. The molecule has 0 spiro atoms. The van der Waals surface area contributed by atoms with E-state index in [4.69, 9.17) is 28.9 Å². The van der Waals surface area contributed by atoms with E-state index >= 15 is 0 Å². The molecule has 0 aliphatic rings. The fraction of sp³-hybridized carbons (Fsp3) is 0.167. The molecule has 2 aromatic heterocycles. The lowest BCUT2D eigenvalue weighted by atomic mass is 10.1. The number of nitrogens with two attached hydrogens (primary N) is 1. The van der Waals surface area contributed by atoms with Crippen molar-refractivity contribution in [1.29, 1.82) is 0 Å². The third-order valence-corrected chi connectivity index (χ3v) is 13.4. The summed E-state index contributed by atoms with van der Waals surface area (Å²) in [7, 11) is -15.7. The monoisotopic (exact) mass is 1140 g/mol. The summed E-state index contributed by atoms with van der Waals surface area (Å²) in [6, 6.07) is 6.50. The number of aliphatic hydroxyl groups is 2. The second-order valence-electron chi connectivity index (χ2n) is 14.7. The summed E-state index contributed by atoms with van der Waals surface area (Å²) in [6.45, 7) is -0.284. The van der Waals surface area contributed by atoms with Gasteiger partial charge in [-0.3, -0.25) is 38.2 Å². The van der Waals surface area contributed by atoms with E-state index in [9.17, 15) is 67.2 Å². The van der Waals surface area contributed by atoms with Crippen molar-refractivity contribution in [2.75, 3.05) is 56.8 Å². The fourth-order valence-electron chi connectivity index (χ4n) is 6.19. The Morgan fingerprint density at radius 1 is 0.595 bits per heavy atom. The van der Waals surface area contributed by atoms with Crippen molar-refractivity contribution in [2.24, 2.45) is 40.4 Å². The zero-order valence-electron chi connectivity index (χ0n) is 37.7. The number of hydrogen-bond donors (Lipinski definition) is 10. The summed E-state index contributed by atoms with van der Waals surface area (Å²) in [5, 5.41) is 44.1. The van der Waals surface area contributed by atoms with E-state index in [0.29, 0.717) is 12.1 Å². The van der Waals surface area contributed by atoms with Crippen molar-refractivity contribution in [2.45, 2.75) is 19.6 Å². The Morgan fingerprint density at radius 3 is 1.35 bits per heavy atom. The molecule has 0 aliphatic carbocycles. The summed E-state index contributed by atoms with van der Waals surface area (Å²) in [6.07, 6.45) is 0. The number of halogens is 2. The Kier molecular flexibility index (Phi) is 16.1. The maximum atomic E-state index is 12.8. The molecule has 0 aliphatic heterocycles. The largest absolute Gasteiger partial charge is 0.505 e. The van der Waals surface area contributed by atoms with E-state index in [1.165, 1.54) is 38.0 Å². The number of nitrogens with zero attached hydrogens (tertiary/aromatic N) is 14. The molecule has 74 heavy (non-hydrogen) atoms. The first-order valence-electron chi connectivity index (χ1n) is 19.6. The molecule has 32 nitrogen and oxygen atoms in total. The second kappa shape index (κ2) is 21.4. The molecule has 2 heterocycles. The standard InChI is InChI=1S/C36H35Cl2N17O15S4/c1-40-24(56)13-54(3)35-46-31(37)44-33(48-35)42-16-5-7-20(71(59,60)61)18(11-16)50-52-28-22(73(65,66)67)9-15-10-23(74(68,69)70)29(30(58)26(15)27(28)39)53-51-19-12-17(6-8-21(19)72(62,63)64)43-34-45-32(38)47-36(49-34)55(4)14-25(57)41-2/h5-12,58H,13-14,39H2,1-4H3,(H,40,56)(H,41,57)(H,59,60,61)(H,62,63,64)(H,65,66,67)(H,68,69,70)(H,42,44,46,48)(H,43,45,47,49). The average molecular weight is 1140 g/mol. The minimum atomic E-state index is -5.52. The minimum absolute atomic E-state index is 0.0131. The second-order valence-corrected chi connectivity index (χ2v) is 20.9. The van der Waals surface area contributed by atoms with Crippen molar-refractivity contribution in [1.82, 2.24) is 29.9 Å². The van der Waals surface area contributed by atoms with Crippen LogP contribution < -0.4 is 26.8 Å². The highest BCUT2D eigenvalue weighted by Gasteiger charge is 2.29. The number of nitrogens with one attached hydrogen (secondary N) is 2. The molecular formula is C36H35Cl2N17O15S4. The number of likely N-dealkylation sites (N-methyl/N-ethyl adjacent to an activating group) is 2. The van der Waals surface area contributed by atoms with Crippen LogP contribution in [0.2, 0.25) is 10.6 Å². The van der Waals surface area contributed by atoms with Gasteiger partial charge in [-0.25, -0.2) is 9.98 Å². The van der Waals surface area contributed by atoms with Crippen LogP contribution in [0, 0.1) is 0 Å². The van der Waals surface area contributed by atoms with Gasteiger partial charge in [0.1, 0.15) is 42.3 Å². The number of phenols is 1. The normalized spacial score (nSPS) is 13.7. The first kappa shape index (κ1) is 55.6. The summed E-state index contributed by atoms with van der Waals surface area (Å²) < 4.78 is 142. The van der Waals surface area contributed by atoms with Gasteiger partial charge in [0.15, 0.2) is 5.75 Å². The van der Waals surface area contributed by atoms with Crippen LogP contribution in [0.3, 0.4) is 0 Å². The topological polar surface area (TPSA) is 493 Å². The van der Waals surface area contributed by atoms with E-state index in [-0.39, 0.29) is 70.0 Å². The van der Waals surface area contributed by atoms with Gasteiger partial charge in [0.05, 0.1) is 35.5 Å². The summed E-state index contributed by atoms with van der Waals surface area (Å²) >= 11 is 12.2. The molecule has 6 rings (SSSR count). The van der Waals surface area contributed by atoms with Crippen LogP contribution >= 0.6 is 23.2 Å². The van der Waals surface area contributed by atoms with Crippen molar-refractivity contribution in [3.63, 3.8) is 0 Å². The lowest BCUT2D eigenvalue weighted by Crippen LogP contribution is -2.29. The summed E-state index contributed by atoms with van der Waals surface area (Å²) in [5.74, 6) is -1.87. The molecule has 392 valence electrons. The quantitative estimate of drug-likeness (QED) is 0.0215. The number of hydrogen-bond acceptors (Lipinski definition) is 24. The molecule has 0 bridgehead atoms. The van der Waals surface area contributed by atoms with Crippen LogP contribution in [0.25, 0.3) is 10.8 Å². The van der Waals surface area contributed by atoms with Gasteiger partial charge in [-0.05, 0) is 77.1 Å². The zero-order chi connectivity index (χ0) is 54.8. The number of phenolic OH excluding ortho intramolecular Hbond substituents is 1. The number of aromatic hydroxyl groups is 1. The van der Waals surface area contributed by atoms with Crippen LogP contribution in [0.1, 0.15) is 0 Å². The molecule has 0 saturated heterocycles. The highest BCUT2D eigenvalue weighted by atomic mass is 35.5. The van der Waals surface area contributed by atoms with Gasteiger partial charge in [-0.2, -0.15) is 53.6 Å². The molecule has 6 aromatic rings. The fourth-order valence-corrected chi connectivity index (χ4v) is 9.05. The number of aromatic nitrogens is 6. The number of aliphatic hydroxyl groups excluding tert-OH is 2. The molecule has 0 radical (unpaired) electrons. The Bertz CT molecular complexity index is 3770. The number of anilines is 3. The molecule has 0 atom stereocenters. The zero-order valence-corrected chi connectivity index (χ0v) is 42.4. The molecular weight excluding hydrogens is 1110 g/mol.